The van der Waals surface area contributed by atoms with Crippen LogP contribution in [0.5, 0.6) is 0 Å². The summed E-state index contributed by atoms with van der Waals surface area (Å²) in [4.78, 5) is 0.325. The Kier molecular flexibility index (Phi) is 6.11. The molecule has 102 valence electrons. The minimum Gasteiger partial charge on any atom is -0.210 e. The molecule has 1 aromatic rings. The summed E-state index contributed by atoms with van der Waals surface area (Å²) in [5.74, 6) is 0.519. The normalized spacial score (nSPS) is 13.8. The van der Waals surface area contributed by atoms with Crippen LogP contribution >= 0.6 is 27.5 Å². The van der Waals surface area contributed by atoms with Gasteiger partial charge in [-0.3, -0.25) is 0 Å². The highest BCUT2D eigenvalue weighted by Crippen LogP contribution is 2.16. The van der Waals surface area contributed by atoms with Crippen LogP contribution in [-0.4, -0.2) is 19.8 Å². The fraction of sp³-hybridized carbons (Fsp3) is 0.500. The second-order valence-corrected chi connectivity index (χ2v) is 8.03. The van der Waals surface area contributed by atoms with E-state index >= 15 is 0 Å². The van der Waals surface area contributed by atoms with Gasteiger partial charge in [0.25, 0.3) is 0 Å². The highest BCUT2D eigenvalue weighted by molar-refractivity contribution is 9.09. The molecule has 1 unspecified atom stereocenters. The fourth-order valence-corrected chi connectivity index (χ4v) is 4.02. The van der Waals surface area contributed by atoms with Gasteiger partial charge >= 0.3 is 0 Å². The standard InChI is InChI=1S/C12H17BrClNO2S/c1-9(2)6-10(13)8-15-18(16,17)12-5-3-4-11(14)7-12/h3-5,7,9-10,15H,6,8H2,1-2H3. The van der Waals surface area contributed by atoms with E-state index in [4.69, 9.17) is 11.6 Å². The molecule has 0 amide bonds. The molecule has 0 aliphatic carbocycles. The molecule has 0 aromatic heterocycles. The number of alkyl halides is 1. The lowest BCUT2D eigenvalue weighted by Gasteiger charge is -2.13. The summed E-state index contributed by atoms with van der Waals surface area (Å²) < 4.78 is 26.5. The van der Waals surface area contributed by atoms with E-state index in [1.54, 1.807) is 12.1 Å². The lowest BCUT2D eigenvalue weighted by Crippen LogP contribution is -2.30. The monoisotopic (exact) mass is 353 g/mol. The lowest BCUT2D eigenvalue weighted by atomic mass is 10.1. The molecule has 0 heterocycles. The minimum absolute atomic E-state index is 0.131. The number of sulfonamides is 1. The Balaban J connectivity index is 2.66. The molecule has 0 saturated heterocycles. The fourth-order valence-electron chi connectivity index (χ4n) is 1.51. The Bertz CT molecular complexity index is 491. The summed E-state index contributed by atoms with van der Waals surface area (Å²) in [7, 11) is -3.48. The molecule has 0 aliphatic heterocycles. The van der Waals surface area contributed by atoms with Crippen molar-refractivity contribution >= 4 is 37.6 Å². The van der Waals surface area contributed by atoms with Gasteiger partial charge in [-0.1, -0.05) is 47.4 Å². The van der Waals surface area contributed by atoms with Gasteiger partial charge in [0.05, 0.1) is 4.90 Å². The van der Waals surface area contributed by atoms with E-state index in [1.807, 2.05) is 0 Å². The van der Waals surface area contributed by atoms with Gasteiger partial charge < -0.3 is 0 Å². The van der Waals surface area contributed by atoms with Crippen molar-refractivity contribution in [3.8, 4) is 0 Å². The van der Waals surface area contributed by atoms with Crippen LogP contribution < -0.4 is 4.72 Å². The Hall–Kier alpha value is -0.100. The molecule has 1 aromatic carbocycles. The van der Waals surface area contributed by atoms with Crippen molar-refractivity contribution in [3.05, 3.63) is 29.3 Å². The molecule has 1 N–H and O–H groups in total. The maximum absolute atomic E-state index is 12.0. The van der Waals surface area contributed by atoms with E-state index in [0.29, 0.717) is 17.5 Å². The smallest absolute Gasteiger partial charge is 0.210 e. The minimum atomic E-state index is -3.48. The Morgan fingerprint density at radius 3 is 2.61 bits per heavy atom. The quantitative estimate of drug-likeness (QED) is 0.796. The van der Waals surface area contributed by atoms with E-state index in [9.17, 15) is 8.42 Å². The molecule has 0 spiro atoms. The van der Waals surface area contributed by atoms with E-state index in [2.05, 4.69) is 34.5 Å². The molecule has 1 rings (SSSR count). The molecule has 0 radical (unpaired) electrons. The highest BCUT2D eigenvalue weighted by atomic mass is 79.9. The zero-order valence-electron chi connectivity index (χ0n) is 10.4. The average Bonchev–Trinajstić information content (AvgIpc) is 2.26. The van der Waals surface area contributed by atoms with Crippen LogP contribution in [0.1, 0.15) is 20.3 Å². The van der Waals surface area contributed by atoms with Crippen LogP contribution in [0.15, 0.2) is 29.2 Å². The molecule has 3 nitrogen and oxygen atoms in total. The van der Waals surface area contributed by atoms with Gasteiger partial charge in [-0.15, -0.1) is 0 Å². The first-order chi connectivity index (χ1) is 8.31. The van der Waals surface area contributed by atoms with E-state index in [0.717, 1.165) is 6.42 Å². The molecule has 6 heteroatoms. The first-order valence-corrected chi connectivity index (χ1v) is 8.48. The highest BCUT2D eigenvalue weighted by Gasteiger charge is 2.16. The number of hydrogen-bond donors (Lipinski definition) is 1. The molecule has 0 saturated carbocycles. The Morgan fingerprint density at radius 1 is 1.39 bits per heavy atom. The first kappa shape index (κ1) is 16.0. The van der Waals surface area contributed by atoms with Crippen LogP contribution in [0.25, 0.3) is 0 Å². The van der Waals surface area contributed by atoms with E-state index < -0.39 is 10.0 Å². The third-order valence-electron chi connectivity index (χ3n) is 2.33. The molecule has 18 heavy (non-hydrogen) atoms. The summed E-state index contributed by atoms with van der Waals surface area (Å²) in [6, 6.07) is 6.23. The van der Waals surface area contributed by atoms with Gasteiger partial charge in [0.1, 0.15) is 0 Å². The summed E-state index contributed by atoms with van der Waals surface area (Å²) in [5, 5.41) is 0.412. The van der Waals surface area contributed by atoms with Crippen LogP contribution in [0, 0.1) is 5.92 Å². The van der Waals surface area contributed by atoms with Crippen molar-refractivity contribution in [2.45, 2.75) is 30.0 Å². The third kappa shape index (κ3) is 5.26. The second-order valence-electron chi connectivity index (χ2n) is 4.54. The van der Waals surface area contributed by atoms with Crippen molar-refractivity contribution in [2.75, 3.05) is 6.54 Å². The predicted molar refractivity (Wildman–Crippen MR) is 78.8 cm³/mol. The SMILES string of the molecule is CC(C)CC(Br)CNS(=O)(=O)c1cccc(Cl)c1. The average molecular weight is 355 g/mol. The first-order valence-electron chi connectivity index (χ1n) is 5.70. The van der Waals surface area contributed by atoms with Gasteiger partial charge in [0.2, 0.25) is 10.0 Å². The van der Waals surface area contributed by atoms with Gasteiger partial charge in [-0.25, -0.2) is 13.1 Å². The zero-order chi connectivity index (χ0) is 13.8. The number of halogens is 2. The topological polar surface area (TPSA) is 46.2 Å². The van der Waals surface area contributed by atoms with Gasteiger partial charge in [0.15, 0.2) is 0 Å². The van der Waals surface area contributed by atoms with Crippen molar-refractivity contribution < 1.29 is 8.42 Å². The molecular formula is C12H17BrClNO2S. The van der Waals surface area contributed by atoms with Crippen molar-refractivity contribution in [2.24, 2.45) is 5.92 Å². The molecule has 1 atom stereocenters. The molecular weight excluding hydrogens is 338 g/mol. The van der Waals surface area contributed by atoms with Gasteiger partial charge in [-0.05, 0) is 30.5 Å². The molecule has 0 bridgehead atoms. The largest absolute Gasteiger partial charge is 0.240 e. The Morgan fingerprint density at radius 2 is 2.06 bits per heavy atom. The number of benzene rings is 1. The third-order valence-corrected chi connectivity index (χ3v) is 4.68. The van der Waals surface area contributed by atoms with Crippen LogP contribution in [0.3, 0.4) is 0 Å². The van der Waals surface area contributed by atoms with Crippen molar-refractivity contribution in [1.82, 2.24) is 4.72 Å². The summed E-state index contributed by atoms with van der Waals surface area (Å²) in [6.07, 6.45) is 0.915. The molecule has 0 aliphatic rings. The maximum Gasteiger partial charge on any atom is 0.240 e. The zero-order valence-corrected chi connectivity index (χ0v) is 13.5. The van der Waals surface area contributed by atoms with E-state index in [-0.39, 0.29) is 9.72 Å². The second kappa shape index (κ2) is 6.89. The summed E-state index contributed by atoms with van der Waals surface area (Å²) in [6.45, 7) is 4.56. The number of hydrogen-bond acceptors (Lipinski definition) is 2. The predicted octanol–water partition coefficient (Wildman–Crippen LogP) is 3.43. The Labute approximate surface area is 122 Å². The van der Waals surface area contributed by atoms with E-state index in [1.165, 1.54) is 12.1 Å². The summed E-state index contributed by atoms with van der Waals surface area (Å²) >= 11 is 9.25. The van der Waals surface area contributed by atoms with Crippen LogP contribution in [0.4, 0.5) is 0 Å². The summed E-state index contributed by atoms with van der Waals surface area (Å²) in [5.41, 5.74) is 0. The van der Waals surface area contributed by atoms with Gasteiger partial charge in [0, 0.05) is 16.4 Å². The maximum atomic E-state index is 12.0. The van der Waals surface area contributed by atoms with Crippen LogP contribution in [0.2, 0.25) is 5.02 Å². The van der Waals surface area contributed by atoms with Crippen LogP contribution in [-0.2, 0) is 10.0 Å². The lowest BCUT2D eigenvalue weighted by molar-refractivity contribution is 0.551. The van der Waals surface area contributed by atoms with Crippen molar-refractivity contribution in [1.29, 1.82) is 0 Å². The molecule has 0 fully saturated rings. The number of nitrogens with one attached hydrogen (secondary N) is 1. The van der Waals surface area contributed by atoms with Gasteiger partial charge in [-0.2, -0.15) is 0 Å². The number of rotatable bonds is 6. The van der Waals surface area contributed by atoms with Crippen molar-refractivity contribution in [3.63, 3.8) is 0 Å².